The van der Waals surface area contributed by atoms with Crippen LogP contribution in [0.1, 0.15) is 42.5 Å². The van der Waals surface area contributed by atoms with Crippen molar-refractivity contribution in [3.63, 3.8) is 0 Å². The van der Waals surface area contributed by atoms with Crippen molar-refractivity contribution in [1.29, 1.82) is 0 Å². The SMILES string of the molecule is C=NCC(/C=C\C=C(/N)c1cccc(-n2c3ccccc3c3c2ccc2c4ccccc4n(-c4ccccc4)c23)c1)/C=C/C=C\Cc1cccc(-c2cccc(N(C)c3ccccc3C3=CC4=C(CC3)N(C3=CC=CCC3)/C=C\C=C/C4=C)c2)n1. The van der Waals surface area contributed by atoms with Crippen molar-refractivity contribution in [2.75, 3.05) is 18.5 Å². The minimum Gasteiger partial charge on any atom is -0.398 e. The summed E-state index contributed by atoms with van der Waals surface area (Å²) >= 11 is 0. The monoisotopic (exact) mass is 1100 g/mol. The van der Waals surface area contributed by atoms with Gasteiger partial charge in [-0.05, 0) is 146 Å². The van der Waals surface area contributed by atoms with Gasteiger partial charge in [-0.3, -0.25) is 9.98 Å². The fourth-order valence-electron chi connectivity index (χ4n) is 12.5. The quantitative estimate of drug-likeness (QED) is 0.0773. The number of aliphatic imine (C=N–C) groups is 1. The number of nitrogens with zero attached hydrogens (tertiary/aromatic N) is 6. The van der Waals surface area contributed by atoms with Gasteiger partial charge >= 0.3 is 0 Å². The summed E-state index contributed by atoms with van der Waals surface area (Å²) in [6.45, 7) is 8.89. The third kappa shape index (κ3) is 10.8. The summed E-state index contributed by atoms with van der Waals surface area (Å²) in [4.78, 5) is 14.1. The van der Waals surface area contributed by atoms with Gasteiger partial charge in [0, 0.05) is 116 Å². The Hall–Kier alpha value is -10.5. The number of aromatic nitrogens is 3. The summed E-state index contributed by atoms with van der Waals surface area (Å²) in [5.74, 6) is 0.0381. The maximum absolute atomic E-state index is 6.88. The molecule has 1 aliphatic heterocycles. The maximum atomic E-state index is 6.88. The number of anilines is 2. The zero-order chi connectivity index (χ0) is 57.6. The van der Waals surface area contributed by atoms with Gasteiger partial charge in [-0.15, -0.1) is 0 Å². The van der Waals surface area contributed by atoms with Crippen molar-refractivity contribution in [3.05, 3.63) is 319 Å². The van der Waals surface area contributed by atoms with Gasteiger partial charge < -0.3 is 24.7 Å². The molecule has 0 spiro atoms. The zero-order valence-corrected chi connectivity index (χ0v) is 48.0. The van der Waals surface area contributed by atoms with Crippen molar-refractivity contribution in [3.8, 4) is 22.6 Å². The first-order valence-electron chi connectivity index (χ1n) is 29.4. The number of rotatable bonds is 16. The number of hydrogen-bond acceptors (Lipinski definition) is 5. The molecule has 1 unspecified atom stereocenters. The summed E-state index contributed by atoms with van der Waals surface area (Å²) in [7, 11) is 2.16. The number of benzene rings is 7. The van der Waals surface area contributed by atoms with Gasteiger partial charge in [0.05, 0.1) is 27.8 Å². The van der Waals surface area contributed by atoms with Crippen LogP contribution in [0.2, 0.25) is 0 Å². The molecule has 414 valence electrons. The lowest BCUT2D eigenvalue weighted by Gasteiger charge is -2.33. The molecule has 4 heterocycles. The molecule has 13 rings (SSSR count). The lowest BCUT2D eigenvalue weighted by atomic mass is 9.86. The number of allylic oxidation sites excluding steroid dienone is 17. The molecule has 0 saturated carbocycles. The lowest BCUT2D eigenvalue weighted by Crippen LogP contribution is -2.21. The van der Waals surface area contributed by atoms with Gasteiger partial charge in [0.25, 0.3) is 0 Å². The second-order valence-corrected chi connectivity index (χ2v) is 21.9. The van der Waals surface area contributed by atoms with E-state index < -0.39 is 0 Å². The van der Waals surface area contributed by atoms with Gasteiger partial charge in [0.15, 0.2) is 0 Å². The Morgan fingerprint density at radius 2 is 1.47 bits per heavy atom. The maximum Gasteiger partial charge on any atom is 0.0706 e. The van der Waals surface area contributed by atoms with Gasteiger partial charge in [-0.25, -0.2) is 0 Å². The molecular weight excluding hydrogens is 1030 g/mol. The van der Waals surface area contributed by atoms with E-state index in [2.05, 4.69) is 305 Å². The summed E-state index contributed by atoms with van der Waals surface area (Å²) in [5, 5.41) is 4.89. The highest BCUT2D eigenvalue weighted by atomic mass is 15.1. The Morgan fingerprint density at radius 1 is 0.694 bits per heavy atom. The summed E-state index contributed by atoms with van der Waals surface area (Å²) < 4.78 is 4.79. The number of fused-ring (bicyclic) bond motifs is 7. The lowest BCUT2D eigenvalue weighted by molar-refractivity contribution is 0.512. The summed E-state index contributed by atoms with van der Waals surface area (Å²) in [6, 6.07) is 64.9. The van der Waals surface area contributed by atoms with Crippen LogP contribution in [0.4, 0.5) is 11.4 Å². The Kier molecular flexibility index (Phi) is 15.3. The van der Waals surface area contributed by atoms with Crippen LogP contribution in [-0.4, -0.2) is 39.3 Å². The van der Waals surface area contributed by atoms with Crippen LogP contribution in [0.25, 0.3) is 77.5 Å². The molecule has 1 atom stereocenters. The fraction of sp³-hybridized carbons (Fsp3) is 0.103. The molecule has 3 aromatic heterocycles. The predicted octanol–water partition coefficient (Wildman–Crippen LogP) is 18.8. The number of pyridine rings is 1. The normalized spacial score (nSPS) is 15.9. The van der Waals surface area contributed by atoms with Crippen LogP contribution in [0.3, 0.4) is 0 Å². The van der Waals surface area contributed by atoms with E-state index in [0.29, 0.717) is 18.7 Å². The Balaban J connectivity index is 0.691. The van der Waals surface area contributed by atoms with Gasteiger partial charge in [-0.2, -0.15) is 0 Å². The van der Waals surface area contributed by atoms with Crippen LogP contribution in [0.5, 0.6) is 0 Å². The van der Waals surface area contributed by atoms with Crippen molar-refractivity contribution in [2.24, 2.45) is 16.6 Å². The van der Waals surface area contributed by atoms with Crippen molar-refractivity contribution in [2.45, 2.75) is 32.1 Å². The van der Waals surface area contributed by atoms with E-state index in [1.807, 2.05) is 12.2 Å². The predicted molar refractivity (Wildman–Crippen MR) is 360 cm³/mol. The van der Waals surface area contributed by atoms with E-state index in [9.17, 15) is 0 Å². The number of para-hydroxylation sites is 4. The second kappa shape index (κ2) is 24.1. The molecule has 10 aromatic rings. The van der Waals surface area contributed by atoms with E-state index in [0.717, 1.165) is 87.6 Å². The van der Waals surface area contributed by atoms with E-state index in [1.54, 1.807) is 0 Å². The Labute approximate surface area is 498 Å². The second-order valence-electron chi connectivity index (χ2n) is 21.9. The minimum absolute atomic E-state index is 0.0381. The van der Waals surface area contributed by atoms with Crippen LogP contribution in [0.15, 0.2) is 307 Å². The molecule has 0 fully saturated rings. The third-order valence-electron chi connectivity index (χ3n) is 16.6. The first-order valence-corrected chi connectivity index (χ1v) is 29.4. The third-order valence-corrected chi connectivity index (χ3v) is 16.6. The molecule has 3 aliphatic rings. The molecule has 7 nitrogen and oxygen atoms in total. The van der Waals surface area contributed by atoms with Crippen molar-refractivity contribution >= 4 is 73.0 Å². The molecule has 2 N–H and O–H groups in total. The standard InChI is InChI=1S/C78H67N7/c1-55-25-19-20-50-83(61-32-9-5-10-33-61)73-48-46-57(53-69(55)73)65-38-13-16-43-72(65)82(3)63-36-23-29-59(52-63)71-42-24-31-60(81-71)30-8-4-7-26-56(54-80-2)27-21-41-70(79)58-28-22-37-64(51-58)84-75-45-18-15-40-68(75)77-76(84)49-47-67-66-39-14-17-44-74(66)85(78(67)77)62-34-11-6-12-35-62/h4-9,11-29,31-32,34-45,47,49-53,56H,1-2,10,30,33,46,48,54,79H2,3H3/b8-4-,25-19-,26-7+,27-21-,50-20-,70-41-. The molecular formula is C78H67N7. The summed E-state index contributed by atoms with van der Waals surface area (Å²) in [5.41, 5.74) is 28.0. The average Bonchev–Trinajstić information content (AvgIpc) is 1.67. The Morgan fingerprint density at radius 3 is 2.33 bits per heavy atom. The number of hydrogen-bond donors (Lipinski definition) is 1. The van der Waals surface area contributed by atoms with Crippen molar-refractivity contribution in [1.82, 2.24) is 19.0 Å². The first kappa shape index (κ1) is 53.8. The molecule has 0 amide bonds. The highest BCUT2D eigenvalue weighted by Crippen LogP contribution is 2.44. The van der Waals surface area contributed by atoms with Crippen LogP contribution >= 0.6 is 0 Å². The smallest absolute Gasteiger partial charge is 0.0706 e. The largest absolute Gasteiger partial charge is 0.398 e. The summed E-state index contributed by atoms with van der Waals surface area (Å²) in [6.07, 6.45) is 36.9. The molecule has 0 saturated heterocycles. The number of nitrogens with two attached hydrogens (primary N) is 1. The molecule has 2 aliphatic carbocycles. The highest BCUT2D eigenvalue weighted by molar-refractivity contribution is 6.26. The highest BCUT2D eigenvalue weighted by Gasteiger charge is 2.25. The van der Waals surface area contributed by atoms with Crippen molar-refractivity contribution < 1.29 is 0 Å². The average molecular weight is 1100 g/mol. The van der Waals surface area contributed by atoms with Crippen LogP contribution in [0, 0.1) is 5.92 Å². The first-order chi connectivity index (χ1) is 41.9. The van der Waals surface area contributed by atoms with Gasteiger partial charge in [0.2, 0.25) is 0 Å². The fourth-order valence-corrected chi connectivity index (χ4v) is 12.5. The Bertz CT molecular complexity index is 4560. The molecule has 7 heteroatoms. The van der Waals surface area contributed by atoms with Crippen LogP contribution in [-0.2, 0) is 6.42 Å². The molecule has 0 bridgehead atoms. The van der Waals surface area contributed by atoms with E-state index in [-0.39, 0.29) is 5.92 Å². The topological polar surface area (TPSA) is 67.6 Å². The molecule has 85 heavy (non-hydrogen) atoms. The van der Waals surface area contributed by atoms with E-state index in [4.69, 9.17) is 10.7 Å². The molecule has 0 radical (unpaired) electrons. The van der Waals surface area contributed by atoms with Crippen LogP contribution < -0.4 is 10.6 Å². The van der Waals surface area contributed by atoms with Gasteiger partial charge in [0.1, 0.15) is 0 Å². The molecule has 7 aromatic carbocycles. The zero-order valence-electron chi connectivity index (χ0n) is 48.0. The minimum atomic E-state index is 0.0381. The van der Waals surface area contributed by atoms with E-state index in [1.165, 1.54) is 60.7 Å². The van der Waals surface area contributed by atoms with Gasteiger partial charge in [-0.1, -0.05) is 177 Å². The van der Waals surface area contributed by atoms with E-state index >= 15 is 0 Å².